The summed E-state index contributed by atoms with van der Waals surface area (Å²) in [4.78, 5) is 16.7. The van der Waals surface area contributed by atoms with Gasteiger partial charge in [0.05, 0.1) is 0 Å². The number of nitrogens with two attached hydrogens (primary N) is 1. The fraction of sp³-hybridized carbons (Fsp3) is 0.938. The number of hydrogen-bond donors (Lipinski definition) is 1. The van der Waals surface area contributed by atoms with Crippen LogP contribution in [0.5, 0.6) is 0 Å². The second kappa shape index (κ2) is 8.63. The van der Waals surface area contributed by atoms with Crippen LogP contribution in [-0.2, 0) is 4.79 Å². The minimum atomic E-state index is 0.303. The average molecular weight is 283 g/mol. The summed E-state index contributed by atoms with van der Waals surface area (Å²) < 4.78 is 0. The van der Waals surface area contributed by atoms with Gasteiger partial charge in [0.1, 0.15) is 0 Å². The van der Waals surface area contributed by atoms with E-state index in [1.165, 1.54) is 0 Å². The zero-order valence-corrected chi connectivity index (χ0v) is 13.8. The van der Waals surface area contributed by atoms with Crippen LogP contribution in [0.25, 0.3) is 0 Å². The Morgan fingerprint density at radius 2 is 1.85 bits per heavy atom. The molecule has 20 heavy (non-hydrogen) atoms. The summed E-state index contributed by atoms with van der Waals surface area (Å²) in [5.74, 6) is 0.858. The molecule has 1 atom stereocenters. The van der Waals surface area contributed by atoms with Gasteiger partial charge in [0.2, 0.25) is 5.91 Å². The van der Waals surface area contributed by atoms with Crippen LogP contribution < -0.4 is 5.73 Å². The molecule has 1 unspecified atom stereocenters. The Balaban J connectivity index is 2.31. The molecule has 118 valence electrons. The molecular formula is C16H33N3O. The first kappa shape index (κ1) is 17.4. The van der Waals surface area contributed by atoms with Crippen molar-refractivity contribution in [3.05, 3.63) is 0 Å². The minimum absolute atomic E-state index is 0.303. The van der Waals surface area contributed by atoms with Crippen LogP contribution >= 0.6 is 0 Å². The van der Waals surface area contributed by atoms with Crippen molar-refractivity contribution < 1.29 is 4.79 Å². The smallest absolute Gasteiger partial charge is 0.222 e. The maximum Gasteiger partial charge on any atom is 0.222 e. The molecule has 0 aromatic carbocycles. The SMILES string of the molecule is CC(CCN)CCC(=O)N(C)C1CCN(C(C)C)CC1. The number of likely N-dealkylation sites (tertiary alicyclic amines) is 1. The van der Waals surface area contributed by atoms with Crippen molar-refractivity contribution >= 4 is 5.91 Å². The lowest BCUT2D eigenvalue weighted by atomic mass is 9.99. The number of hydrogen-bond acceptors (Lipinski definition) is 3. The summed E-state index contributed by atoms with van der Waals surface area (Å²) >= 11 is 0. The summed E-state index contributed by atoms with van der Waals surface area (Å²) in [6.45, 7) is 9.62. The number of carbonyl (C=O) groups is 1. The van der Waals surface area contributed by atoms with Gasteiger partial charge < -0.3 is 15.5 Å². The molecule has 0 aromatic rings. The highest BCUT2D eigenvalue weighted by Gasteiger charge is 2.26. The first-order valence-corrected chi connectivity index (χ1v) is 8.15. The molecule has 1 amide bonds. The molecule has 1 saturated heterocycles. The quantitative estimate of drug-likeness (QED) is 0.778. The average Bonchev–Trinajstić information content (AvgIpc) is 2.44. The minimum Gasteiger partial charge on any atom is -0.343 e. The highest BCUT2D eigenvalue weighted by Crippen LogP contribution is 2.19. The van der Waals surface area contributed by atoms with Gasteiger partial charge in [0, 0.05) is 38.6 Å². The zero-order chi connectivity index (χ0) is 15.1. The van der Waals surface area contributed by atoms with Gasteiger partial charge in [-0.05, 0) is 52.0 Å². The number of amides is 1. The van der Waals surface area contributed by atoms with Crippen LogP contribution in [0.15, 0.2) is 0 Å². The molecule has 0 aromatic heterocycles. The fourth-order valence-electron chi connectivity index (χ4n) is 2.97. The van der Waals surface area contributed by atoms with E-state index in [9.17, 15) is 4.79 Å². The van der Waals surface area contributed by atoms with Gasteiger partial charge in [0.15, 0.2) is 0 Å². The van der Waals surface area contributed by atoms with Crippen LogP contribution in [0.3, 0.4) is 0 Å². The van der Waals surface area contributed by atoms with Gasteiger partial charge in [-0.1, -0.05) is 6.92 Å². The van der Waals surface area contributed by atoms with E-state index >= 15 is 0 Å². The highest BCUT2D eigenvalue weighted by atomic mass is 16.2. The lowest BCUT2D eigenvalue weighted by Gasteiger charge is -2.38. The predicted molar refractivity (Wildman–Crippen MR) is 84.6 cm³/mol. The summed E-state index contributed by atoms with van der Waals surface area (Å²) in [6, 6.07) is 1.05. The van der Waals surface area contributed by atoms with E-state index in [-0.39, 0.29) is 0 Å². The molecule has 0 spiro atoms. The molecule has 4 nitrogen and oxygen atoms in total. The van der Waals surface area contributed by atoms with Crippen molar-refractivity contribution in [3.63, 3.8) is 0 Å². The van der Waals surface area contributed by atoms with Crippen molar-refractivity contribution in [3.8, 4) is 0 Å². The molecule has 2 N–H and O–H groups in total. The van der Waals surface area contributed by atoms with Crippen LogP contribution in [0.4, 0.5) is 0 Å². The third kappa shape index (κ3) is 5.41. The van der Waals surface area contributed by atoms with E-state index < -0.39 is 0 Å². The largest absolute Gasteiger partial charge is 0.343 e. The first-order valence-electron chi connectivity index (χ1n) is 8.15. The number of piperidine rings is 1. The van der Waals surface area contributed by atoms with Gasteiger partial charge in [-0.2, -0.15) is 0 Å². The van der Waals surface area contributed by atoms with E-state index in [4.69, 9.17) is 5.73 Å². The molecule has 1 aliphatic heterocycles. The van der Waals surface area contributed by atoms with E-state index in [0.29, 0.717) is 30.3 Å². The number of rotatable bonds is 7. The lowest BCUT2D eigenvalue weighted by molar-refractivity contribution is -0.133. The molecule has 0 aliphatic carbocycles. The highest BCUT2D eigenvalue weighted by molar-refractivity contribution is 5.76. The van der Waals surface area contributed by atoms with E-state index in [1.807, 2.05) is 11.9 Å². The van der Waals surface area contributed by atoms with Crippen molar-refractivity contribution in [2.24, 2.45) is 11.7 Å². The van der Waals surface area contributed by atoms with Crippen LogP contribution in [-0.4, -0.2) is 54.5 Å². The number of nitrogens with zero attached hydrogens (tertiary/aromatic N) is 2. The van der Waals surface area contributed by atoms with Crippen LogP contribution in [0.2, 0.25) is 0 Å². The second-order valence-electron chi connectivity index (χ2n) is 6.59. The molecular weight excluding hydrogens is 250 g/mol. The van der Waals surface area contributed by atoms with Crippen LogP contribution in [0, 0.1) is 5.92 Å². The Morgan fingerprint density at radius 3 is 2.35 bits per heavy atom. The molecule has 0 saturated carbocycles. The summed E-state index contributed by atoms with van der Waals surface area (Å²) in [5.41, 5.74) is 5.55. The summed E-state index contributed by atoms with van der Waals surface area (Å²) in [6.07, 6.45) is 4.87. The predicted octanol–water partition coefficient (Wildman–Crippen LogP) is 2.08. The van der Waals surface area contributed by atoms with E-state index in [0.717, 1.165) is 45.3 Å². The van der Waals surface area contributed by atoms with Gasteiger partial charge in [-0.25, -0.2) is 0 Å². The first-order chi connectivity index (χ1) is 9.45. The maximum absolute atomic E-state index is 12.2. The third-order valence-electron chi connectivity index (χ3n) is 4.68. The molecule has 1 fully saturated rings. The second-order valence-corrected chi connectivity index (χ2v) is 6.59. The van der Waals surface area contributed by atoms with Crippen molar-refractivity contribution in [2.45, 2.75) is 65.0 Å². The Kier molecular flexibility index (Phi) is 7.52. The molecule has 1 aliphatic rings. The Labute approximate surface area is 124 Å². The van der Waals surface area contributed by atoms with Crippen molar-refractivity contribution in [1.29, 1.82) is 0 Å². The standard InChI is InChI=1S/C16H33N3O/c1-13(2)19-11-8-15(9-12-19)18(4)16(20)6-5-14(3)7-10-17/h13-15H,5-12,17H2,1-4H3. The lowest BCUT2D eigenvalue weighted by Crippen LogP contribution is -2.47. The van der Waals surface area contributed by atoms with Gasteiger partial charge in [-0.3, -0.25) is 4.79 Å². The number of carbonyl (C=O) groups excluding carboxylic acids is 1. The molecule has 4 heteroatoms. The molecule has 0 bridgehead atoms. The van der Waals surface area contributed by atoms with Gasteiger partial charge in [-0.15, -0.1) is 0 Å². The van der Waals surface area contributed by atoms with Crippen molar-refractivity contribution in [1.82, 2.24) is 9.80 Å². The Morgan fingerprint density at radius 1 is 1.25 bits per heavy atom. The molecule has 0 radical (unpaired) electrons. The van der Waals surface area contributed by atoms with Crippen molar-refractivity contribution in [2.75, 3.05) is 26.7 Å². The topological polar surface area (TPSA) is 49.6 Å². The Hall–Kier alpha value is -0.610. The van der Waals surface area contributed by atoms with Gasteiger partial charge in [0.25, 0.3) is 0 Å². The fourth-order valence-corrected chi connectivity index (χ4v) is 2.97. The van der Waals surface area contributed by atoms with Gasteiger partial charge >= 0.3 is 0 Å². The Bertz CT molecular complexity index is 285. The van der Waals surface area contributed by atoms with Crippen LogP contribution in [0.1, 0.15) is 52.9 Å². The molecule has 1 heterocycles. The van der Waals surface area contributed by atoms with E-state index in [1.54, 1.807) is 0 Å². The van der Waals surface area contributed by atoms with E-state index in [2.05, 4.69) is 25.7 Å². The maximum atomic E-state index is 12.2. The monoisotopic (exact) mass is 283 g/mol. The third-order valence-corrected chi connectivity index (χ3v) is 4.68. The molecule has 1 rings (SSSR count). The summed E-state index contributed by atoms with van der Waals surface area (Å²) in [7, 11) is 1.98. The zero-order valence-electron chi connectivity index (χ0n) is 13.8. The normalized spacial score (nSPS) is 19.3. The summed E-state index contributed by atoms with van der Waals surface area (Å²) in [5, 5.41) is 0.